The maximum atomic E-state index is 14.3. The molecule has 0 unspecified atom stereocenters. The summed E-state index contributed by atoms with van der Waals surface area (Å²) in [5.41, 5.74) is -5.51. The summed E-state index contributed by atoms with van der Waals surface area (Å²) in [4.78, 5) is 12.4. The molecule has 0 bridgehead atoms. The van der Waals surface area contributed by atoms with Gasteiger partial charge in [-0.05, 0) is 48.4 Å². The van der Waals surface area contributed by atoms with Crippen molar-refractivity contribution in [2.75, 3.05) is 5.32 Å². The van der Waals surface area contributed by atoms with Crippen molar-refractivity contribution in [3.8, 4) is 11.5 Å². The molecule has 9 heteroatoms. The van der Waals surface area contributed by atoms with Gasteiger partial charge in [-0.3, -0.25) is 4.79 Å². The molecule has 0 radical (unpaired) electrons. The molecule has 0 saturated heterocycles. The van der Waals surface area contributed by atoms with Crippen LogP contribution < -0.4 is 5.32 Å². The summed E-state index contributed by atoms with van der Waals surface area (Å²) in [5, 5.41) is 22.7. The van der Waals surface area contributed by atoms with Crippen molar-refractivity contribution in [2.45, 2.75) is 43.5 Å². The lowest BCUT2D eigenvalue weighted by Gasteiger charge is -2.23. The summed E-state index contributed by atoms with van der Waals surface area (Å²) in [6, 6.07) is 4.18. The Kier molecular flexibility index (Phi) is 5.89. The molecule has 0 saturated carbocycles. The van der Waals surface area contributed by atoms with Gasteiger partial charge in [-0.25, -0.2) is 4.39 Å². The molecule has 0 aromatic heterocycles. The standard InChI is InChI=1S/C19H19F4NO3S/c1-9-12(20)8-11(18(2,3)4)16(26)15(9)17(27)24-13-6-5-10(7-14(13)25)28-19(21,22)23/h5-8,25-26H,1-4H3,(H,24,27). The van der Waals surface area contributed by atoms with Gasteiger partial charge in [0.15, 0.2) is 0 Å². The highest BCUT2D eigenvalue weighted by molar-refractivity contribution is 8.00. The van der Waals surface area contributed by atoms with E-state index in [1.807, 2.05) is 0 Å². The van der Waals surface area contributed by atoms with Gasteiger partial charge < -0.3 is 15.5 Å². The fraction of sp³-hybridized carbons (Fsp3) is 0.316. The highest BCUT2D eigenvalue weighted by atomic mass is 32.2. The van der Waals surface area contributed by atoms with Crippen molar-refractivity contribution >= 4 is 23.4 Å². The second kappa shape index (κ2) is 7.54. The van der Waals surface area contributed by atoms with Crippen molar-refractivity contribution in [3.63, 3.8) is 0 Å². The number of benzene rings is 2. The third-order valence-corrected chi connectivity index (χ3v) is 4.70. The van der Waals surface area contributed by atoms with Gasteiger partial charge in [-0.15, -0.1) is 0 Å². The van der Waals surface area contributed by atoms with E-state index in [0.717, 1.165) is 24.3 Å². The number of rotatable bonds is 3. The van der Waals surface area contributed by atoms with E-state index >= 15 is 0 Å². The molecule has 0 fully saturated rings. The van der Waals surface area contributed by atoms with Crippen LogP contribution in [0.5, 0.6) is 11.5 Å². The third-order valence-electron chi connectivity index (χ3n) is 3.98. The molecule has 3 N–H and O–H groups in total. The Labute approximate surface area is 163 Å². The lowest BCUT2D eigenvalue weighted by atomic mass is 9.84. The molecule has 2 aromatic carbocycles. The van der Waals surface area contributed by atoms with Crippen LogP contribution in [0.2, 0.25) is 0 Å². The third kappa shape index (κ3) is 4.89. The van der Waals surface area contributed by atoms with Crippen molar-refractivity contribution in [3.05, 3.63) is 46.8 Å². The highest BCUT2D eigenvalue weighted by Crippen LogP contribution is 2.40. The number of phenols is 2. The summed E-state index contributed by atoms with van der Waals surface area (Å²) < 4.78 is 51.5. The molecule has 2 rings (SSSR count). The first-order valence-corrected chi connectivity index (χ1v) is 8.95. The van der Waals surface area contributed by atoms with Gasteiger partial charge >= 0.3 is 5.51 Å². The van der Waals surface area contributed by atoms with E-state index in [1.165, 1.54) is 6.92 Å². The maximum absolute atomic E-state index is 14.3. The number of amides is 1. The lowest BCUT2D eigenvalue weighted by molar-refractivity contribution is -0.0328. The fourth-order valence-corrected chi connectivity index (χ4v) is 3.16. The number of thioether (sulfide) groups is 1. The van der Waals surface area contributed by atoms with E-state index in [4.69, 9.17) is 0 Å². The number of carbonyl (C=O) groups is 1. The molecule has 2 aromatic rings. The zero-order valence-electron chi connectivity index (χ0n) is 15.5. The van der Waals surface area contributed by atoms with Crippen LogP contribution >= 0.6 is 11.8 Å². The summed E-state index contributed by atoms with van der Waals surface area (Å²) in [5.74, 6) is -2.57. The van der Waals surface area contributed by atoms with Crippen LogP contribution in [0.3, 0.4) is 0 Å². The number of hydrogen-bond acceptors (Lipinski definition) is 4. The van der Waals surface area contributed by atoms with E-state index in [1.54, 1.807) is 20.8 Å². The summed E-state index contributed by atoms with van der Waals surface area (Å²) in [6.45, 7) is 6.53. The normalized spacial score (nSPS) is 12.1. The maximum Gasteiger partial charge on any atom is 0.446 e. The average molecular weight is 417 g/mol. The molecule has 0 spiro atoms. The first-order chi connectivity index (χ1) is 12.7. The van der Waals surface area contributed by atoms with Gasteiger partial charge in [0.2, 0.25) is 0 Å². The van der Waals surface area contributed by atoms with Crippen LogP contribution in [-0.4, -0.2) is 21.6 Å². The predicted molar refractivity (Wildman–Crippen MR) is 99.5 cm³/mol. The van der Waals surface area contributed by atoms with Gasteiger partial charge in [0.1, 0.15) is 17.3 Å². The molecular weight excluding hydrogens is 398 g/mol. The molecule has 1 amide bonds. The van der Waals surface area contributed by atoms with Crippen LogP contribution in [0.25, 0.3) is 0 Å². The van der Waals surface area contributed by atoms with Crippen LogP contribution in [0.15, 0.2) is 29.2 Å². The van der Waals surface area contributed by atoms with Crippen LogP contribution in [0.1, 0.15) is 42.3 Å². The van der Waals surface area contributed by atoms with Gasteiger partial charge in [0, 0.05) is 16.0 Å². The number of halogens is 4. The molecule has 0 aliphatic rings. The largest absolute Gasteiger partial charge is 0.507 e. The number of carbonyl (C=O) groups excluding carboxylic acids is 1. The first-order valence-electron chi connectivity index (χ1n) is 8.13. The van der Waals surface area contributed by atoms with Crippen molar-refractivity contribution in [2.24, 2.45) is 0 Å². The molecule has 4 nitrogen and oxygen atoms in total. The lowest BCUT2D eigenvalue weighted by Crippen LogP contribution is -2.19. The fourth-order valence-electron chi connectivity index (χ4n) is 2.58. The van der Waals surface area contributed by atoms with E-state index < -0.39 is 45.9 Å². The second-order valence-corrected chi connectivity index (χ2v) is 8.32. The van der Waals surface area contributed by atoms with E-state index in [-0.39, 0.29) is 27.3 Å². The van der Waals surface area contributed by atoms with Gasteiger partial charge in [-0.2, -0.15) is 13.2 Å². The Bertz CT molecular complexity index is 921. The number of hydrogen-bond donors (Lipinski definition) is 3. The average Bonchev–Trinajstić information content (AvgIpc) is 2.51. The zero-order chi connectivity index (χ0) is 21.4. The predicted octanol–water partition coefficient (Wildman–Crippen LogP) is 5.71. The van der Waals surface area contributed by atoms with Gasteiger partial charge in [0.05, 0.1) is 11.3 Å². The molecule has 152 valence electrons. The number of anilines is 1. The number of nitrogens with one attached hydrogen (secondary N) is 1. The monoisotopic (exact) mass is 417 g/mol. The molecule has 28 heavy (non-hydrogen) atoms. The Morgan fingerprint density at radius 2 is 1.71 bits per heavy atom. The summed E-state index contributed by atoms with van der Waals surface area (Å²) in [7, 11) is 0. The quantitative estimate of drug-likeness (QED) is 0.340. The first kappa shape index (κ1) is 21.9. The van der Waals surface area contributed by atoms with Crippen LogP contribution in [-0.2, 0) is 5.41 Å². The Morgan fingerprint density at radius 3 is 2.21 bits per heavy atom. The minimum Gasteiger partial charge on any atom is -0.507 e. The van der Waals surface area contributed by atoms with E-state index in [0.29, 0.717) is 0 Å². The Morgan fingerprint density at radius 1 is 1.11 bits per heavy atom. The number of alkyl halides is 3. The topological polar surface area (TPSA) is 69.6 Å². The minimum absolute atomic E-state index is 0.0910. The van der Waals surface area contributed by atoms with Crippen LogP contribution in [0.4, 0.5) is 23.2 Å². The molecule has 0 aliphatic carbocycles. The summed E-state index contributed by atoms with van der Waals surface area (Å²) in [6.07, 6.45) is 0. The number of aromatic hydroxyl groups is 2. The van der Waals surface area contributed by atoms with Crippen molar-refractivity contribution in [1.29, 1.82) is 0 Å². The van der Waals surface area contributed by atoms with E-state index in [9.17, 15) is 32.6 Å². The smallest absolute Gasteiger partial charge is 0.446 e. The van der Waals surface area contributed by atoms with Crippen molar-refractivity contribution < 1.29 is 32.6 Å². The number of phenolic OH excluding ortho intramolecular Hbond substituents is 2. The zero-order valence-corrected chi connectivity index (χ0v) is 16.3. The minimum atomic E-state index is -4.52. The Hall–Kier alpha value is -2.42. The highest BCUT2D eigenvalue weighted by Gasteiger charge is 2.30. The van der Waals surface area contributed by atoms with E-state index in [2.05, 4.69) is 5.32 Å². The van der Waals surface area contributed by atoms with Gasteiger partial charge in [0.25, 0.3) is 5.91 Å². The molecule has 0 aliphatic heterocycles. The van der Waals surface area contributed by atoms with Crippen molar-refractivity contribution in [1.82, 2.24) is 0 Å². The Balaban J connectivity index is 2.40. The molecule has 0 heterocycles. The van der Waals surface area contributed by atoms with Crippen LogP contribution in [0, 0.1) is 12.7 Å². The van der Waals surface area contributed by atoms with Gasteiger partial charge in [-0.1, -0.05) is 20.8 Å². The SMILES string of the molecule is Cc1c(F)cc(C(C)(C)C)c(O)c1C(=O)Nc1ccc(SC(F)(F)F)cc1O. The summed E-state index contributed by atoms with van der Waals surface area (Å²) >= 11 is -0.412. The second-order valence-electron chi connectivity index (χ2n) is 7.19. The molecule has 0 atom stereocenters. The molecular formula is C19H19F4NO3S.